The van der Waals surface area contributed by atoms with Crippen LogP contribution in [0.4, 0.5) is 0 Å². The van der Waals surface area contributed by atoms with E-state index in [2.05, 4.69) is 13.5 Å². The molecule has 0 unspecified atom stereocenters. The Kier molecular flexibility index (Phi) is 10.5. The zero-order valence-electron chi connectivity index (χ0n) is 20.8. The van der Waals surface area contributed by atoms with E-state index in [1.165, 1.54) is 122 Å². The zero-order valence-corrected chi connectivity index (χ0v) is 20.8. The van der Waals surface area contributed by atoms with Gasteiger partial charge in [-0.15, -0.1) is 0 Å². The van der Waals surface area contributed by atoms with Crippen molar-refractivity contribution in [2.45, 2.75) is 129 Å². The van der Waals surface area contributed by atoms with Gasteiger partial charge in [-0.2, -0.15) is 0 Å². The van der Waals surface area contributed by atoms with Crippen LogP contribution in [0.2, 0.25) is 0 Å². The standard InChI is InChI=1S/C29H51NO/c1-4-6-7-8-23-11-17-26(18-12-23)27-19-13-24(14-20-27)9-10-25-15-21-28(22-16-25)30(3)29(31)5-2/h5,23-28H,2,4,6-22H2,1,3H3. The van der Waals surface area contributed by atoms with Gasteiger partial charge < -0.3 is 4.90 Å². The Balaban J connectivity index is 1.27. The average Bonchev–Trinajstić information content (AvgIpc) is 2.83. The largest absolute Gasteiger partial charge is 0.339 e. The van der Waals surface area contributed by atoms with Crippen molar-refractivity contribution >= 4 is 5.91 Å². The van der Waals surface area contributed by atoms with Gasteiger partial charge in [0.1, 0.15) is 0 Å². The summed E-state index contributed by atoms with van der Waals surface area (Å²) in [6.07, 6.45) is 27.4. The Morgan fingerprint density at radius 1 is 0.742 bits per heavy atom. The van der Waals surface area contributed by atoms with E-state index in [-0.39, 0.29) is 5.91 Å². The molecule has 3 aliphatic carbocycles. The first kappa shape index (κ1) is 24.8. The molecule has 0 N–H and O–H groups in total. The molecule has 3 rings (SSSR count). The summed E-state index contributed by atoms with van der Waals surface area (Å²) in [5, 5.41) is 0. The maximum absolute atomic E-state index is 11.8. The van der Waals surface area contributed by atoms with Gasteiger partial charge in [-0.25, -0.2) is 0 Å². The highest BCUT2D eigenvalue weighted by atomic mass is 16.2. The molecule has 0 atom stereocenters. The maximum Gasteiger partial charge on any atom is 0.245 e. The molecule has 1 amide bonds. The Labute approximate surface area is 193 Å². The summed E-state index contributed by atoms with van der Waals surface area (Å²) in [6, 6.07) is 0.443. The lowest BCUT2D eigenvalue weighted by molar-refractivity contribution is -0.127. The number of nitrogens with zero attached hydrogens (tertiary/aromatic N) is 1. The van der Waals surface area contributed by atoms with Crippen molar-refractivity contribution in [1.82, 2.24) is 4.90 Å². The van der Waals surface area contributed by atoms with Crippen molar-refractivity contribution in [3.05, 3.63) is 12.7 Å². The molecule has 0 radical (unpaired) electrons. The second-order valence-corrected chi connectivity index (χ2v) is 11.5. The summed E-state index contributed by atoms with van der Waals surface area (Å²) in [4.78, 5) is 13.8. The second kappa shape index (κ2) is 13.0. The first-order valence-corrected chi connectivity index (χ1v) is 14.0. The highest BCUT2D eigenvalue weighted by Crippen LogP contribution is 2.43. The maximum atomic E-state index is 11.8. The van der Waals surface area contributed by atoms with Crippen LogP contribution in [0, 0.1) is 29.6 Å². The quantitative estimate of drug-likeness (QED) is 0.253. The Morgan fingerprint density at radius 2 is 1.19 bits per heavy atom. The van der Waals surface area contributed by atoms with Crippen LogP contribution in [0.5, 0.6) is 0 Å². The van der Waals surface area contributed by atoms with Gasteiger partial charge in [0.2, 0.25) is 5.91 Å². The highest BCUT2D eigenvalue weighted by molar-refractivity contribution is 5.87. The fourth-order valence-electron chi connectivity index (χ4n) is 7.20. The number of carbonyl (C=O) groups is 1. The van der Waals surface area contributed by atoms with Gasteiger partial charge in [0.25, 0.3) is 0 Å². The minimum absolute atomic E-state index is 0.0881. The van der Waals surface area contributed by atoms with Crippen molar-refractivity contribution in [1.29, 1.82) is 0 Å². The number of unbranched alkanes of at least 4 members (excludes halogenated alkanes) is 2. The van der Waals surface area contributed by atoms with Gasteiger partial charge in [0.05, 0.1) is 0 Å². The van der Waals surface area contributed by atoms with E-state index >= 15 is 0 Å². The molecule has 3 saturated carbocycles. The number of carbonyl (C=O) groups excluding carboxylic acids is 1. The summed E-state index contributed by atoms with van der Waals surface area (Å²) >= 11 is 0. The number of likely N-dealkylation sites (N-methyl/N-ethyl adjacent to an activating group) is 1. The lowest BCUT2D eigenvalue weighted by Crippen LogP contribution is -2.38. The highest BCUT2D eigenvalue weighted by Gasteiger charge is 2.31. The topological polar surface area (TPSA) is 20.3 Å². The smallest absolute Gasteiger partial charge is 0.245 e. The van der Waals surface area contributed by atoms with Crippen LogP contribution in [0.15, 0.2) is 12.7 Å². The molecule has 3 fully saturated rings. The van der Waals surface area contributed by atoms with Crippen molar-refractivity contribution < 1.29 is 4.79 Å². The van der Waals surface area contributed by atoms with Crippen LogP contribution >= 0.6 is 0 Å². The van der Waals surface area contributed by atoms with Crippen molar-refractivity contribution in [3.8, 4) is 0 Å². The number of rotatable bonds is 10. The third kappa shape index (κ3) is 7.64. The average molecular weight is 430 g/mol. The van der Waals surface area contributed by atoms with E-state index in [4.69, 9.17) is 0 Å². The van der Waals surface area contributed by atoms with E-state index in [9.17, 15) is 4.79 Å². The third-order valence-corrected chi connectivity index (χ3v) is 9.53. The molecule has 0 aromatic rings. The molecular weight excluding hydrogens is 378 g/mol. The fourth-order valence-corrected chi connectivity index (χ4v) is 7.20. The monoisotopic (exact) mass is 429 g/mol. The van der Waals surface area contributed by atoms with Gasteiger partial charge in [-0.1, -0.05) is 77.7 Å². The van der Waals surface area contributed by atoms with E-state index in [1.54, 1.807) is 0 Å². The lowest BCUT2D eigenvalue weighted by atomic mass is 9.68. The van der Waals surface area contributed by atoms with Crippen LogP contribution in [0.3, 0.4) is 0 Å². The van der Waals surface area contributed by atoms with E-state index in [0.717, 1.165) is 29.6 Å². The Hall–Kier alpha value is -0.790. The second-order valence-electron chi connectivity index (χ2n) is 11.5. The van der Waals surface area contributed by atoms with Gasteiger partial charge in [0.15, 0.2) is 0 Å². The predicted molar refractivity (Wildman–Crippen MR) is 133 cm³/mol. The molecule has 178 valence electrons. The molecule has 0 saturated heterocycles. The van der Waals surface area contributed by atoms with E-state index in [0.29, 0.717) is 6.04 Å². The molecule has 2 nitrogen and oxygen atoms in total. The normalized spacial score (nSPS) is 34.3. The molecule has 2 heteroatoms. The third-order valence-electron chi connectivity index (χ3n) is 9.53. The van der Waals surface area contributed by atoms with Crippen LogP contribution < -0.4 is 0 Å². The molecule has 31 heavy (non-hydrogen) atoms. The minimum Gasteiger partial charge on any atom is -0.339 e. The fraction of sp³-hybridized carbons (Fsp3) is 0.897. The summed E-state index contributed by atoms with van der Waals surface area (Å²) < 4.78 is 0. The van der Waals surface area contributed by atoms with Crippen LogP contribution in [0.1, 0.15) is 122 Å². The van der Waals surface area contributed by atoms with Gasteiger partial charge in [-0.3, -0.25) is 4.79 Å². The van der Waals surface area contributed by atoms with Crippen molar-refractivity contribution in [2.75, 3.05) is 7.05 Å². The van der Waals surface area contributed by atoms with Gasteiger partial charge in [-0.05, 0) is 87.0 Å². The zero-order chi connectivity index (χ0) is 22.1. The molecule has 0 bridgehead atoms. The predicted octanol–water partition coefficient (Wildman–Crippen LogP) is 8.16. The first-order valence-electron chi connectivity index (χ1n) is 14.0. The van der Waals surface area contributed by atoms with E-state index < -0.39 is 0 Å². The summed E-state index contributed by atoms with van der Waals surface area (Å²) in [7, 11) is 1.95. The molecule has 0 aromatic carbocycles. The lowest BCUT2D eigenvalue weighted by Gasteiger charge is -2.38. The molecule has 0 aliphatic heterocycles. The van der Waals surface area contributed by atoms with Crippen LogP contribution in [0.25, 0.3) is 0 Å². The molecule has 3 aliphatic rings. The molecule has 0 heterocycles. The van der Waals surface area contributed by atoms with Crippen LogP contribution in [-0.2, 0) is 4.79 Å². The Morgan fingerprint density at radius 3 is 1.65 bits per heavy atom. The number of hydrogen-bond donors (Lipinski definition) is 0. The van der Waals surface area contributed by atoms with Gasteiger partial charge >= 0.3 is 0 Å². The van der Waals surface area contributed by atoms with Crippen molar-refractivity contribution in [3.63, 3.8) is 0 Å². The van der Waals surface area contributed by atoms with Gasteiger partial charge in [0, 0.05) is 13.1 Å². The summed E-state index contributed by atoms with van der Waals surface area (Å²) in [6.45, 7) is 5.96. The SMILES string of the molecule is C=CC(=O)N(C)C1CCC(CCC2CCC(C3CCC(CCCCC)CC3)CC2)CC1. The number of hydrogen-bond acceptors (Lipinski definition) is 1. The molecule has 0 spiro atoms. The molecular formula is C29H51NO. The summed E-state index contributed by atoms with van der Waals surface area (Å²) in [5.41, 5.74) is 0. The minimum atomic E-state index is 0.0881. The summed E-state index contributed by atoms with van der Waals surface area (Å²) in [5.74, 6) is 5.18. The van der Waals surface area contributed by atoms with E-state index in [1.807, 2.05) is 11.9 Å². The molecule has 0 aromatic heterocycles. The number of amides is 1. The van der Waals surface area contributed by atoms with Crippen molar-refractivity contribution in [2.24, 2.45) is 29.6 Å². The Bertz CT molecular complexity index is 519. The first-order chi connectivity index (χ1) is 15.1. The van der Waals surface area contributed by atoms with Crippen LogP contribution in [-0.4, -0.2) is 23.9 Å².